The van der Waals surface area contributed by atoms with Crippen LogP contribution < -0.4 is 11.1 Å². The van der Waals surface area contributed by atoms with Crippen molar-refractivity contribution in [1.82, 2.24) is 5.32 Å². The van der Waals surface area contributed by atoms with Gasteiger partial charge in [-0.1, -0.05) is 6.92 Å². The molecular formula is C12H16F2N2O3. The second kappa shape index (κ2) is 5.94. The molecule has 5 N–H and O–H groups in total. The Morgan fingerprint density at radius 1 is 1.32 bits per heavy atom. The third kappa shape index (κ3) is 3.18. The number of benzene rings is 1. The monoisotopic (exact) mass is 274 g/mol. The molecule has 0 fully saturated rings. The van der Waals surface area contributed by atoms with Gasteiger partial charge in [-0.2, -0.15) is 0 Å². The first-order valence-electron chi connectivity index (χ1n) is 5.68. The van der Waals surface area contributed by atoms with Crippen molar-refractivity contribution >= 4 is 11.6 Å². The number of aliphatic hydroxyl groups is 2. The minimum atomic E-state index is -1.23. The van der Waals surface area contributed by atoms with Crippen molar-refractivity contribution in [2.75, 3.05) is 18.9 Å². The summed E-state index contributed by atoms with van der Waals surface area (Å²) in [6.45, 7) is 0.673. The van der Waals surface area contributed by atoms with Crippen molar-refractivity contribution in [2.45, 2.75) is 18.9 Å². The lowest BCUT2D eigenvalue weighted by atomic mass is 9.97. The van der Waals surface area contributed by atoms with Gasteiger partial charge in [-0.3, -0.25) is 4.79 Å². The van der Waals surface area contributed by atoms with E-state index in [1.807, 2.05) is 0 Å². The van der Waals surface area contributed by atoms with Crippen LogP contribution in [0.5, 0.6) is 0 Å². The number of anilines is 1. The van der Waals surface area contributed by atoms with E-state index in [4.69, 9.17) is 5.73 Å². The van der Waals surface area contributed by atoms with Crippen LogP contribution >= 0.6 is 0 Å². The molecule has 1 aromatic rings. The molecule has 5 nitrogen and oxygen atoms in total. The van der Waals surface area contributed by atoms with Crippen molar-refractivity contribution in [3.05, 3.63) is 29.3 Å². The number of hydrogen-bond donors (Lipinski definition) is 4. The number of carbonyl (C=O) groups is 1. The molecule has 1 rings (SSSR count). The summed E-state index contributed by atoms with van der Waals surface area (Å²) in [5.74, 6) is -3.14. The van der Waals surface area contributed by atoms with Crippen LogP contribution in [0.15, 0.2) is 12.1 Å². The van der Waals surface area contributed by atoms with Gasteiger partial charge >= 0.3 is 0 Å². The second-order valence-corrected chi connectivity index (χ2v) is 4.26. The summed E-state index contributed by atoms with van der Waals surface area (Å²) >= 11 is 0. The van der Waals surface area contributed by atoms with E-state index in [-0.39, 0.29) is 17.7 Å². The Morgan fingerprint density at radius 2 is 1.84 bits per heavy atom. The van der Waals surface area contributed by atoms with Crippen molar-refractivity contribution in [2.24, 2.45) is 0 Å². The Hall–Kier alpha value is -1.73. The van der Waals surface area contributed by atoms with Crippen LogP contribution in [0, 0.1) is 11.6 Å². The molecule has 0 aromatic heterocycles. The van der Waals surface area contributed by atoms with E-state index in [0.29, 0.717) is 12.1 Å². The zero-order chi connectivity index (χ0) is 14.6. The van der Waals surface area contributed by atoms with Crippen LogP contribution in [0.3, 0.4) is 0 Å². The molecule has 0 radical (unpaired) electrons. The molecule has 0 saturated heterocycles. The highest BCUT2D eigenvalue weighted by atomic mass is 19.2. The van der Waals surface area contributed by atoms with Crippen molar-refractivity contribution in [1.29, 1.82) is 0 Å². The number of nitrogens with one attached hydrogen (secondary N) is 1. The Labute approximate surface area is 109 Å². The summed E-state index contributed by atoms with van der Waals surface area (Å²) in [5.41, 5.74) is 3.74. The van der Waals surface area contributed by atoms with Crippen molar-refractivity contribution in [3.8, 4) is 0 Å². The average molecular weight is 274 g/mol. The van der Waals surface area contributed by atoms with E-state index < -0.39 is 36.3 Å². The van der Waals surface area contributed by atoms with Gasteiger partial charge in [0.1, 0.15) is 0 Å². The number of nitrogen functional groups attached to an aromatic ring is 1. The first-order chi connectivity index (χ1) is 8.89. The van der Waals surface area contributed by atoms with E-state index in [9.17, 15) is 23.8 Å². The summed E-state index contributed by atoms with van der Waals surface area (Å²) in [6, 6.07) is 1.38. The molecule has 0 aliphatic rings. The normalized spacial score (nSPS) is 11.4. The Bertz CT molecular complexity index is 468. The number of amides is 1. The quantitative estimate of drug-likeness (QED) is 0.585. The fourth-order valence-electron chi connectivity index (χ4n) is 1.51. The minimum absolute atomic E-state index is 0.225. The van der Waals surface area contributed by atoms with Crippen molar-refractivity contribution < 1.29 is 23.8 Å². The fourth-order valence-corrected chi connectivity index (χ4v) is 1.51. The number of nitrogens with two attached hydrogens (primary N) is 1. The summed E-state index contributed by atoms with van der Waals surface area (Å²) in [6.07, 6.45) is 0.259. The lowest BCUT2D eigenvalue weighted by Crippen LogP contribution is -2.53. The van der Waals surface area contributed by atoms with E-state index in [1.54, 1.807) is 6.92 Å². The summed E-state index contributed by atoms with van der Waals surface area (Å²) in [7, 11) is 0. The first kappa shape index (κ1) is 15.3. The average Bonchev–Trinajstić information content (AvgIpc) is 2.40. The third-order valence-electron chi connectivity index (χ3n) is 3.00. The van der Waals surface area contributed by atoms with Gasteiger partial charge in [-0.05, 0) is 12.5 Å². The zero-order valence-corrected chi connectivity index (χ0v) is 10.4. The Kier molecular flexibility index (Phi) is 4.79. The van der Waals surface area contributed by atoms with E-state index >= 15 is 0 Å². The lowest BCUT2D eigenvalue weighted by molar-refractivity contribution is 0.0653. The number of hydrogen-bond acceptors (Lipinski definition) is 4. The van der Waals surface area contributed by atoms with Crippen LogP contribution in [0.25, 0.3) is 0 Å². The molecule has 0 bridgehead atoms. The molecule has 1 aromatic carbocycles. The van der Waals surface area contributed by atoms with E-state index in [2.05, 4.69) is 5.32 Å². The molecule has 106 valence electrons. The highest BCUT2D eigenvalue weighted by Gasteiger charge is 2.29. The van der Waals surface area contributed by atoms with Crippen LogP contribution in [-0.2, 0) is 0 Å². The summed E-state index contributed by atoms with van der Waals surface area (Å²) in [5, 5.41) is 20.8. The molecule has 0 atom stereocenters. The molecule has 1 amide bonds. The maximum atomic E-state index is 13.1. The number of carbonyl (C=O) groups excluding carboxylic acids is 1. The largest absolute Gasteiger partial charge is 0.398 e. The number of halogens is 2. The maximum absolute atomic E-state index is 13.1. The lowest BCUT2D eigenvalue weighted by Gasteiger charge is -2.29. The first-order valence-corrected chi connectivity index (χ1v) is 5.68. The highest BCUT2D eigenvalue weighted by molar-refractivity contribution is 5.99. The number of aliphatic hydroxyl groups excluding tert-OH is 2. The minimum Gasteiger partial charge on any atom is -0.398 e. The molecule has 0 unspecified atom stereocenters. The SMILES string of the molecule is CCC(CO)(CO)NC(=O)c1cc(F)c(F)cc1N. The smallest absolute Gasteiger partial charge is 0.254 e. The molecule has 0 heterocycles. The van der Waals surface area contributed by atoms with Gasteiger partial charge < -0.3 is 21.3 Å². The predicted octanol–water partition coefficient (Wildman–Crippen LogP) is 0.410. The molecule has 19 heavy (non-hydrogen) atoms. The number of rotatable bonds is 5. The summed E-state index contributed by atoms with van der Waals surface area (Å²) in [4.78, 5) is 11.9. The van der Waals surface area contributed by atoms with Gasteiger partial charge in [0.05, 0.1) is 24.3 Å². The van der Waals surface area contributed by atoms with Gasteiger partial charge in [0.25, 0.3) is 5.91 Å². The Morgan fingerprint density at radius 3 is 2.32 bits per heavy atom. The van der Waals surface area contributed by atoms with Gasteiger partial charge in [0.2, 0.25) is 0 Å². The summed E-state index contributed by atoms with van der Waals surface area (Å²) < 4.78 is 26.0. The van der Waals surface area contributed by atoms with Gasteiger partial charge in [-0.25, -0.2) is 8.78 Å². The molecular weight excluding hydrogens is 258 g/mol. The predicted molar refractivity (Wildman–Crippen MR) is 65.4 cm³/mol. The van der Waals surface area contributed by atoms with Crippen LogP contribution in [0.2, 0.25) is 0 Å². The van der Waals surface area contributed by atoms with Crippen LogP contribution in [-0.4, -0.2) is 34.9 Å². The van der Waals surface area contributed by atoms with Crippen molar-refractivity contribution in [3.63, 3.8) is 0 Å². The standard InChI is InChI=1S/C12H16F2N2O3/c1-2-12(5-17,6-18)16-11(19)7-3-8(13)9(14)4-10(7)15/h3-4,17-18H,2,5-6,15H2,1H3,(H,16,19). The van der Waals surface area contributed by atoms with Crippen LogP contribution in [0.4, 0.5) is 14.5 Å². The molecule has 0 spiro atoms. The second-order valence-electron chi connectivity index (χ2n) is 4.26. The van der Waals surface area contributed by atoms with Gasteiger partial charge in [0, 0.05) is 11.8 Å². The highest BCUT2D eigenvalue weighted by Crippen LogP contribution is 2.18. The fraction of sp³-hybridized carbons (Fsp3) is 0.417. The zero-order valence-electron chi connectivity index (χ0n) is 10.4. The third-order valence-corrected chi connectivity index (χ3v) is 3.00. The topological polar surface area (TPSA) is 95.6 Å². The van der Waals surface area contributed by atoms with Gasteiger partial charge in [0.15, 0.2) is 11.6 Å². The molecule has 7 heteroatoms. The van der Waals surface area contributed by atoms with E-state index in [0.717, 1.165) is 0 Å². The van der Waals surface area contributed by atoms with Crippen LogP contribution in [0.1, 0.15) is 23.7 Å². The van der Waals surface area contributed by atoms with Gasteiger partial charge in [-0.15, -0.1) is 0 Å². The Balaban J connectivity index is 3.04. The molecule has 0 aliphatic carbocycles. The molecule has 0 aliphatic heterocycles. The maximum Gasteiger partial charge on any atom is 0.254 e. The van der Waals surface area contributed by atoms with E-state index in [1.165, 1.54) is 0 Å². The molecule has 0 saturated carbocycles.